The predicted octanol–water partition coefficient (Wildman–Crippen LogP) is 5.37. The molecule has 1 atom stereocenters. The number of nitrogens with zero attached hydrogens (tertiary/aromatic N) is 1. The van der Waals surface area contributed by atoms with Gasteiger partial charge in [-0.2, -0.15) is 0 Å². The van der Waals surface area contributed by atoms with Gasteiger partial charge in [0.1, 0.15) is 17.3 Å². The van der Waals surface area contributed by atoms with Gasteiger partial charge in [0.05, 0.1) is 39.6 Å². The fourth-order valence-electron chi connectivity index (χ4n) is 4.48. The molecule has 3 aromatic carbocycles. The van der Waals surface area contributed by atoms with Crippen molar-refractivity contribution in [1.29, 1.82) is 0 Å². The van der Waals surface area contributed by atoms with Crippen LogP contribution in [0.1, 0.15) is 36.6 Å². The summed E-state index contributed by atoms with van der Waals surface area (Å²) in [7, 11) is 4.64. The summed E-state index contributed by atoms with van der Waals surface area (Å²) in [5, 5.41) is 11.4. The molecule has 1 unspecified atom stereocenters. The lowest BCUT2D eigenvalue weighted by Gasteiger charge is -2.26. The first-order valence-electron chi connectivity index (χ1n) is 12.6. The van der Waals surface area contributed by atoms with Crippen molar-refractivity contribution in [2.24, 2.45) is 5.92 Å². The highest BCUT2D eigenvalue weighted by Crippen LogP contribution is 2.41. The van der Waals surface area contributed by atoms with Crippen LogP contribution < -0.4 is 18.9 Å². The Hall–Kier alpha value is -4.46. The molecule has 0 saturated carbocycles. The predicted molar refractivity (Wildman–Crippen MR) is 147 cm³/mol. The summed E-state index contributed by atoms with van der Waals surface area (Å²) in [4.78, 5) is 28.2. The van der Waals surface area contributed by atoms with Crippen molar-refractivity contribution in [1.82, 2.24) is 4.90 Å². The standard InChI is InChI=1S/C31H33NO7/c1-19(2)18-39-24-13-9-22(10-14-24)29(33)27-28(21-7-11-23(36-3)12-8-21)32(31(35)30(27)34)17-20-6-15-25(37-4)26(16-20)38-5/h6-16,19,28,33H,17-18H2,1-5H3/b29-27+. The summed E-state index contributed by atoms with van der Waals surface area (Å²) in [5.41, 5.74) is 1.82. The number of hydrogen-bond acceptors (Lipinski definition) is 7. The molecule has 0 radical (unpaired) electrons. The molecule has 39 heavy (non-hydrogen) atoms. The summed E-state index contributed by atoms with van der Waals surface area (Å²) >= 11 is 0. The Balaban J connectivity index is 1.76. The van der Waals surface area contributed by atoms with Gasteiger partial charge in [0.25, 0.3) is 11.7 Å². The van der Waals surface area contributed by atoms with Crippen molar-refractivity contribution in [3.05, 3.63) is 89.0 Å². The van der Waals surface area contributed by atoms with Crippen LogP contribution in [0.25, 0.3) is 5.76 Å². The molecule has 1 amide bonds. The van der Waals surface area contributed by atoms with Gasteiger partial charge < -0.3 is 29.0 Å². The molecular formula is C31H33NO7. The molecule has 1 heterocycles. The van der Waals surface area contributed by atoms with Gasteiger partial charge in [-0.3, -0.25) is 9.59 Å². The van der Waals surface area contributed by atoms with Crippen LogP contribution >= 0.6 is 0 Å². The zero-order valence-electron chi connectivity index (χ0n) is 22.8. The quantitative estimate of drug-likeness (QED) is 0.214. The smallest absolute Gasteiger partial charge is 0.295 e. The number of rotatable bonds is 10. The topological polar surface area (TPSA) is 94.5 Å². The monoisotopic (exact) mass is 531 g/mol. The van der Waals surface area contributed by atoms with Gasteiger partial charge in [0.2, 0.25) is 0 Å². The highest BCUT2D eigenvalue weighted by Gasteiger charge is 2.46. The second kappa shape index (κ2) is 11.9. The molecule has 1 N–H and O–H groups in total. The van der Waals surface area contributed by atoms with Crippen LogP contribution in [-0.4, -0.2) is 49.6 Å². The summed E-state index contributed by atoms with van der Waals surface area (Å²) in [6.07, 6.45) is 0. The van der Waals surface area contributed by atoms with Crippen molar-refractivity contribution in [2.45, 2.75) is 26.4 Å². The lowest BCUT2D eigenvalue weighted by Crippen LogP contribution is -2.29. The number of Topliss-reactive ketones (excluding diaryl/α,β-unsaturated/α-hetero) is 1. The molecule has 0 aliphatic carbocycles. The highest BCUT2D eigenvalue weighted by molar-refractivity contribution is 6.46. The van der Waals surface area contributed by atoms with Gasteiger partial charge in [0, 0.05) is 12.1 Å². The minimum absolute atomic E-state index is 0.0153. The largest absolute Gasteiger partial charge is 0.507 e. The number of aliphatic hydroxyl groups is 1. The van der Waals surface area contributed by atoms with Crippen LogP contribution in [0.3, 0.4) is 0 Å². The van der Waals surface area contributed by atoms with Gasteiger partial charge in [0.15, 0.2) is 11.5 Å². The average molecular weight is 532 g/mol. The minimum Gasteiger partial charge on any atom is -0.507 e. The molecule has 1 aliphatic heterocycles. The Kier molecular flexibility index (Phi) is 8.44. The van der Waals surface area contributed by atoms with E-state index in [0.29, 0.717) is 46.6 Å². The van der Waals surface area contributed by atoms with E-state index in [1.165, 1.54) is 12.0 Å². The van der Waals surface area contributed by atoms with Gasteiger partial charge in [-0.1, -0.05) is 32.0 Å². The van der Waals surface area contributed by atoms with E-state index < -0.39 is 17.7 Å². The molecule has 0 aromatic heterocycles. The number of benzene rings is 3. The third-order valence-electron chi connectivity index (χ3n) is 6.48. The maximum Gasteiger partial charge on any atom is 0.295 e. The molecule has 1 aliphatic rings. The molecule has 4 rings (SSSR count). The number of methoxy groups -OCH3 is 3. The third kappa shape index (κ3) is 5.85. The lowest BCUT2D eigenvalue weighted by atomic mass is 9.95. The zero-order chi connectivity index (χ0) is 28.1. The van der Waals surface area contributed by atoms with Gasteiger partial charge in [-0.15, -0.1) is 0 Å². The minimum atomic E-state index is -0.819. The molecule has 8 heteroatoms. The first-order chi connectivity index (χ1) is 18.8. The van der Waals surface area contributed by atoms with E-state index in [4.69, 9.17) is 18.9 Å². The van der Waals surface area contributed by atoms with Crippen molar-refractivity contribution < 1.29 is 33.6 Å². The number of likely N-dealkylation sites (tertiary alicyclic amines) is 1. The summed E-state index contributed by atoms with van der Waals surface area (Å²) in [6.45, 7) is 4.78. The fourth-order valence-corrected chi connectivity index (χ4v) is 4.48. The number of carbonyl (C=O) groups is 2. The molecule has 1 fully saturated rings. The zero-order valence-corrected chi connectivity index (χ0v) is 22.8. The van der Waals surface area contributed by atoms with Crippen LogP contribution in [0.15, 0.2) is 72.3 Å². The maximum absolute atomic E-state index is 13.4. The van der Waals surface area contributed by atoms with Crippen molar-refractivity contribution in [3.63, 3.8) is 0 Å². The number of carbonyl (C=O) groups excluding carboxylic acids is 2. The van der Waals surface area contributed by atoms with Crippen LogP contribution in [0, 0.1) is 5.92 Å². The van der Waals surface area contributed by atoms with E-state index in [9.17, 15) is 14.7 Å². The third-order valence-corrected chi connectivity index (χ3v) is 6.48. The molecular weight excluding hydrogens is 498 g/mol. The molecule has 204 valence electrons. The summed E-state index contributed by atoms with van der Waals surface area (Å²) in [6, 6.07) is 18.4. The van der Waals surface area contributed by atoms with Crippen molar-refractivity contribution in [2.75, 3.05) is 27.9 Å². The molecule has 0 spiro atoms. The molecule has 0 bridgehead atoms. The summed E-state index contributed by atoms with van der Waals surface area (Å²) < 4.78 is 21.8. The van der Waals surface area contributed by atoms with E-state index in [0.717, 1.165) is 5.56 Å². The molecule has 8 nitrogen and oxygen atoms in total. The number of hydrogen-bond donors (Lipinski definition) is 1. The highest BCUT2D eigenvalue weighted by atomic mass is 16.5. The number of aliphatic hydroxyl groups excluding tert-OH is 1. The van der Waals surface area contributed by atoms with Crippen LogP contribution in [0.5, 0.6) is 23.0 Å². The summed E-state index contributed by atoms with van der Waals surface area (Å²) in [5.74, 6) is 0.998. The average Bonchev–Trinajstić information content (AvgIpc) is 3.20. The van der Waals surface area contributed by atoms with Gasteiger partial charge >= 0.3 is 0 Å². The first-order valence-corrected chi connectivity index (χ1v) is 12.6. The van der Waals surface area contributed by atoms with E-state index in [1.54, 1.807) is 74.9 Å². The van der Waals surface area contributed by atoms with Crippen LogP contribution in [-0.2, 0) is 16.1 Å². The molecule has 1 saturated heterocycles. The number of amides is 1. The van der Waals surface area contributed by atoms with Gasteiger partial charge in [-0.25, -0.2) is 0 Å². The van der Waals surface area contributed by atoms with Crippen LogP contribution in [0.4, 0.5) is 0 Å². The number of ketones is 1. The second-order valence-electron chi connectivity index (χ2n) is 9.62. The second-order valence-corrected chi connectivity index (χ2v) is 9.62. The fraction of sp³-hybridized carbons (Fsp3) is 0.290. The van der Waals surface area contributed by atoms with Crippen molar-refractivity contribution in [3.8, 4) is 23.0 Å². The van der Waals surface area contributed by atoms with E-state index in [2.05, 4.69) is 13.8 Å². The first kappa shape index (κ1) is 27.6. The maximum atomic E-state index is 13.4. The Morgan fingerprint density at radius 3 is 2.08 bits per heavy atom. The normalized spacial score (nSPS) is 16.5. The lowest BCUT2D eigenvalue weighted by molar-refractivity contribution is -0.140. The van der Waals surface area contributed by atoms with Crippen LogP contribution in [0.2, 0.25) is 0 Å². The SMILES string of the molecule is COc1ccc(C2/C(=C(\O)c3ccc(OCC(C)C)cc3)C(=O)C(=O)N2Cc2ccc(OC)c(OC)c2)cc1. The number of ether oxygens (including phenoxy) is 4. The van der Waals surface area contributed by atoms with Crippen molar-refractivity contribution >= 4 is 17.4 Å². The Morgan fingerprint density at radius 1 is 0.846 bits per heavy atom. The Morgan fingerprint density at radius 2 is 1.49 bits per heavy atom. The Bertz CT molecular complexity index is 1360. The molecule has 3 aromatic rings. The van der Waals surface area contributed by atoms with E-state index >= 15 is 0 Å². The van der Waals surface area contributed by atoms with E-state index in [1.807, 2.05) is 6.07 Å². The van der Waals surface area contributed by atoms with E-state index in [-0.39, 0.29) is 17.9 Å². The Labute approximate surface area is 228 Å². The van der Waals surface area contributed by atoms with Gasteiger partial charge in [-0.05, 0) is 65.6 Å².